The van der Waals surface area contributed by atoms with Gasteiger partial charge in [0.15, 0.2) is 0 Å². The molecule has 0 aliphatic heterocycles. The molecule has 1 N–H and O–H groups in total. The number of pyridine rings is 1. The van der Waals surface area contributed by atoms with Gasteiger partial charge in [0.05, 0.1) is 17.6 Å². The summed E-state index contributed by atoms with van der Waals surface area (Å²) < 4.78 is 31.3. The highest BCUT2D eigenvalue weighted by molar-refractivity contribution is 7.92. The minimum atomic E-state index is -3.87. The Morgan fingerprint density at radius 2 is 2.05 bits per heavy atom. The number of anilines is 1. The van der Waals surface area contributed by atoms with Gasteiger partial charge in [-0.3, -0.25) is 4.72 Å². The third-order valence-corrected chi connectivity index (χ3v) is 4.11. The van der Waals surface area contributed by atoms with E-state index in [0.717, 1.165) is 0 Å². The Kier molecular flexibility index (Phi) is 4.44. The Balaban J connectivity index is 2.33. The lowest BCUT2D eigenvalue weighted by molar-refractivity contribution is 0.0600. The number of hydrogen-bond acceptors (Lipinski definition) is 5. The molecule has 0 radical (unpaired) electrons. The SMILES string of the molecule is COC(=O)c1cccc(S(=O)(=O)Nc2cc(Cl)ccn2)c1. The third kappa shape index (κ3) is 3.71. The van der Waals surface area contributed by atoms with Crippen LogP contribution in [0.3, 0.4) is 0 Å². The van der Waals surface area contributed by atoms with E-state index in [1.54, 1.807) is 0 Å². The highest BCUT2D eigenvalue weighted by Crippen LogP contribution is 2.18. The average Bonchev–Trinajstić information content (AvgIpc) is 2.46. The predicted octanol–water partition coefficient (Wildman–Crippen LogP) is 2.32. The first kappa shape index (κ1) is 15.3. The second-order valence-electron chi connectivity index (χ2n) is 3.98. The Bertz CT molecular complexity index is 777. The fraction of sp³-hybridized carbons (Fsp3) is 0.0769. The molecule has 0 atom stereocenters. The van der Waals surface area contributed by atoms with Crippen LogP contribution in [0.4, 0.5) is 5.82 Å². The summed E-state index contributed by atoms with van der Waals surface area (Å²) in [6, 6.07) is 8.40. The molecule has 0 aliphatic rings. The van der Waals surface area contributed by atoms with Gasteiger partial charge in [0.25, 0.3) is 10.0 Å². The Morgan fingerprint density at radius 3 is 2.71 bits per heavy atom. The minimum Gasteiger partial charge on any atom is -0.465 e. The zero-order valence-electron chi connectivity index (χ0n) is 10.9. The molecule has 0 spiro atoms. The monoisotopic (exact) mass is 326 g/mol. The van der Waals surface area contributed by atoms with Crippen LogP contribution in [0.5, 0.6) is 0 Å². The number of hydrogen-bond donors (Lipinski definition) is 1. The van der Waals surface area contributed by atoms with Gasteiger partial charge in [-0.05, 0) is 24.3 Å². The van der Waals surface area contributed by atoms with Crippen LogP contribution in [-0.2, 0) is 14.8 Å². The molecule has 1 heterocycles. The van der Waals surface area contributed by atoms with Gasteiger partial charge in [-0.25, -0.2) is 18.2 Å². The van der Waals surface area contributed by atoms with Crippen LogP contribution in [0.2, 0.25) is 5.02 Å². The maximum Gasteiger partial charge on any atom is 0.337 e. The number of carbonyl (C=O) groups excluding carboxylic acids is 1. The van der Waals surface area contributed by atoms with E-state index in [0.29, 0.717) is 5.02 Å². The molecule has 1 aromatic carbocycles. The second-order valence-corrected chi connectivity index (χ2v) is 6.10. The van der Waals surface area contributed by atoms with Crippen molar-refractivity contribution in [2.75, 3.05) is 11.8 Å². The zero-order chi connectivity index (χ0) is 15.5. The lowest BCUT2D eigenvalue weighted by Crippen LogP contribution is -2.14. The molecule has 0 unspecified atom stereocenters. The van der Waals surface area contributed by atoms with Crippen molar-refractivity contribution in [1.82, 2.24) is 4.98 Å². The molecule has 21 heavy (non-hydrogen) atoms. The van der Waals surface area contributed by atoms with Gasteiger partial charge >= 0.3 is 5.97 Å². The van der Waals surface area contributed by atoms with Crippen molar-refractivity contribution in [3.63, 3.8) is 0 Å². The van der Waals surface area contributed by atoms with E-state index in [-0.39, 0.29) is 16.3 Å². The Morgan fingerprint density at radius 1 is 1.29 bits per heavy atom. The van der Waals surface area contributed by atoms with Crippen molar-refractivity contribution in [3.8, 4) is 0 Å². The number of aromatic nitrogens is 1. The van der Waals surface area contributed by atoms with Crippen LogP contribution in [-0.4, -0.2) is 26.5 Å². The normalized spacial score (nSPS) is 11.0. The van der Waals surface area contributed by atoms with Gasteiger partial charge in [0.1, 0.15) is 5.82 Å². The summed E-state index contributed by atoms with van der Waals surface area (Å²) >= 11 is 5.77. The number of halogens is 1. The molecule has 0 bridgehead atoms. The maximum atomic E-state index is 12.2. The van der Waals surface area contributed by atoms with E-state index >= 15 is 0 Å². The molecule has 1 aromatic heterocycles. The van der Waals surface area contributed by atoms with Gasteiger partial charge < -0.3 is 4.74 Å². The number of ether oxygens (including phenoxy) is 1. The van der Waals surface area contributed by atoms with Gasteiger partial charge in [0, 0.05) is 17.3 Å². The quantitative estimate of drug-likeness (QED) is 0.871. The molecule has 0 saturated carbocycles. The first-order valence-electron chi connectivity index (χ1n) is 5.75. The van der Waals surface area contributed by atoms with Crippen molar-refractivity contribution in [2.45, 2.75) is 4.90 Å². The van der Waals surface area contributed by atoms with E-state index in [9.17, 15) is 13.2 Å². The molecule has 6 nitrogen and oxygen atoms in total. The van der Waals surface area contributed by atoms with Crippen LogP contribution >= 0.6 is 11.6 Å². The van der Waals surface area contributed by atoms with Crippen LogP contribution < -0.4 is 4.72 Å². The molecule has 0 saturated heterocycles. The smallest absolute Gasteiger partial charge is 0.337 e. The highest BCUT2D eigenvalue weighted by atomic mass is 35.5. The van der Waals surface area contributed by atoms with E-state index in [4.69, 9.17) is 11.6 Å². The lowest BCUT2D eigenvalue weighted by Gasteiger charge is -2.08. The molecule has 0 fully saturated rings. The third-order valence-electron chi connectivity index (χ3n) is 2.53. The molecule has 110 valence electrons. The highest BCUT2D eigenvalue weighted by Gasteiger charge is 2.17. The first-order valence-corrected chi connectivity index (χ1v) is 7.61. The fourth-order valence-corrected chi connectivity index (χ4v) is 2.77. The van der Waals surface area contributed by atoms with Crippen LogP contribution in [0.15, 0.2) is 47.5 Å². The minimum absolute atomic E-state index is 0.0767. The molecule has 2 aromatic rings. The van der Waals surface area contributed by atoms with Gasteiger partial charge in [-0.2, -0.15) is 0 Å². The van der Waals surface area contributed by atoms with Crippen LogP contribution in [0.25, 0.3) is 0 Å². The summed E-state index contributed by atoms with van der Waals surface area (Å²) in [6.45, 7) is 0. The second kappa shape index (κ2) is 6.11. The summed E-state index contributed by atoms with van der Waals surface area (Å²) in [6.07, 6.45) is 1.38. The van der Waals surface area contributed by atoms with E-state index in [2.05, 4.69) is 14.4 Å². The number of nitrogens with zero attached hydrogens (tertiary/aromatic N) is 1. The number of benzene rings is 1. The van der Waals surface area contributed by atoms with Gasteiger partial charge in [-0.1, -0.05) is 17.7 Å². The predicted molar refractivity (Wildman–Crippen MR) is 77.8 cm³/mol. The lowest BCUT2D eigenvalue weighted by atomic mass is 10.2. The van der Waals surface area contributed by atoms with Crippen molar-refractivity contribution >= 4 is 33.4 Å². The first-order chi connectivity index (χ1) is 9.92. The standard InChI is InChI=1S/C13H11ClN2O4S/c1-20-13(17)9-3-2-4-11(7-9)21(18,19)16-12-8-10(14)5-6-15-12/h2-8H,1H3,(H,15,16). The van der Waals surface area contributed by atoms with Crippen molar-refractivity contribution in [1.29, 1.82) is 0 Å². The number of carbonyl (C=O) groups is 1. The number of methoxy groups -OCH3 is 1. The van der Waals surface area contributed by atoms with Crippen molar-refractivity contribution < 1.29 is 17.9 Å². The Labute approximate surface area is 126 Å². The summed E-state index contributed by atoms with van der Waals surface area (Å²) in [5.41, 5.74) is 0.138. The van der Waals surface area contributed by atoms with E-state index in [1.807, 2.05) is 0 Å². The van der Waals surface area contributed by atoms with E-state index in [1.165, 1.54) is 49.7 Å². The summed E-state index contributed by atoms with van der Waals surface area (Å²) in [7, 11) is -2.65. The molecule has 0 aliphatic carbocycles. The van der Waals surface area contributed by atoms with Crippen LogP contribution in [0.1, 0.15) is 10.4 Å². The fourth-order valence-electron chi connectivity index (χ4n) is 1.57. The van der Waals surface area contributed by atoms with E-state index < -0.39 is 16.0 Å². The Hall–Kier alpha value is -2.12. The molecule has 0 amide bonds. The molecule has 2 rings (SSSR count). The summed E-state index contributed by atoms with van der Waals surface area (Å²) in [5.74, 6) is -0.529. The summed E-state index contributed by atoms with van der Waals surface area (Å²) in [4.78, 5) is 15.2. The molecule has 8 heteroatoms. The maximum absolute atomic E-state index is 12.2. The molecular formula is C13H11ClN2O4S. The zero-order valence-corrected chi connectivity index (χ0v) is 12.5. The van der Waals surface area contributed by atoms with Gasteiger partial charge in [0.2, 0.25) is 0 Å². The van der Waals surface area contributed by atoms with Crippen molar-refractivity contribution in [2.24, 2.45) is 0 Å². The average molecular weight is 327 g/mol. The van der Waals surface area contributed by atoms with Crippen LogP contribution in [0, 0.1) is 0 Å². The van der Waals surface area contributed by atoms with Gasteiger partial charge in [-0.15, -0.1) is 0 Å². The topological polar surface area (TPSA) is 85.4 Å². The largest absolute Gasteiger partial charge is 0.465 e. The molecular weight excluding hydrogens is 316 g/mol. The summed E-state index contributed by atoms with van der Waals surface area (Å²) in [5, 5.41) is 0.353. The number of nitrogens with one attached hydrogen (secondary N) is 1. The number of rotatable bonds is 4. The number of sulfonamides is 1. The van der Waals surface area contributed by atoms with Crippen molar-refractivity contribution in [3.05, 3.63) is 53.2 Å². The number of esters is 1.